The first kappa shape index (κ1) is 7.72. The molecule has 1 rings (SSSR count). The fourth-order valence-corrected chi connectivity index (χ4v) is 1.02. The van der Waals surface area contributed by atoms with Crippen molar-refractivity contribution in [3.05, 3.63) is 23.2 Å². The predicted molar refractivity (Wildman–Crippen MR) is 46.5 cm³/mol. The van der Waals surface area contributed by atoms with Gasteiger partial charge in [-0.2, -0.15) is 0 Å². The van der Waals surface area contributed by atoms with E-state index in [0.29, 0.717) is 10.7 Å². The molecule has 0 heterocycles. The molecule has 0 saturated carbocycles. The fourth-order valence-electron chi connectivity index (χ4n) is 0.631. The largest absolute Gasteiger partial charge is 0.323 e. The van der Waals surface area contributed by atoms with E-state index in [1.165, 1.54) is 0 Å². The van der Waals surface area contributed by atoms with E-state index in [-0.39, 0.29) is 0 Å². The topological polar surface area (TPSA) is 38.0 Å². The smallest absolute Gasteiger partial charge is 0.0783 e. The molecule has 0 amide bonds. The second-order valence-corrected chi connectivity index (χ2v) is 2.64. The molecule has 0 radical (unpaired) electrons. The van der Waals surface area contributed by atoms with Gasteiger partial charge in [0.2, 0.25) is 0 Å². The van der Waals surface area contributed by atoms with Crippen LogP contribution in [0, 0.1) is 0 Å². The minimum atomic E-state index is 0.549. The van der Waals surface area contributed by atoms with Crippen LogP contribution < -0.4 is 11.3 Å². The van der Waals surface area contributed by atoms with E-state index in [1.54, 1.807) is 12.1 Å². The number of halogens is 1. The number of hydrogen-bond acceptors (Lipinski definition) is 3. The number of anilines is 1. The van der Waals surface area contributed by atoms with Crippen LogP contribution in [0.25, 0.3) is 0 Å². The highest BCUT2D eigenvalue weighted by atomic mass is 35.5. The van der Waals surface area contributed by atoms with Crippen molar-refractivity contribution in [2.75, 3.05) is 5.43 Å². The lowest BCUT2D eigenvalue weighted by atomic mass is 10.3. The molecular formula is C6H7ClN2S. The van der Waals surface area contributed by atoms with Crippen molar-refractivity contribution >= 4 is 29.9 Å². The highest BCUT2D eigenvalue weighted by Crippen LogP contribution is 2.27. The van der Waals surface area contributed by atoms with Crippen molar-refractivity contribution in [2.45, 2.75) is 4.90 Å². The number of hydrazine groups is 1. The van der Waals surface area contributed by atoms with Crippen LogP contribution in [0.2, 0.25) is 5.02 Å². The zero-order valence-electron chi connectivity index (χ0n) is 5.13. The quantitative estimate of drug-likeness (QED) is 0.346. The van der Waals surface area contributed by atoms with Crippen LogP contribution >= 0.6 is 24.2 Å². The average Bonchev–Trinajstić information content (AvgIpc) is 1.95. The molecule has 0 aliphatic carbocycles. The van der Waals surface area contributed by atoms with Gasteiger partial charge in [0.15, 0.2) is 0 Å². The van der Waals surface area contributed by atoms with Gasteiger partial charge in [0, 0.05) is 4.90 Å². The molecule has 4 heteroatoms. The second kappa shape index (κ2) is 3.14. The first-order valence-electron chi connectivity index (χ1n) is 2.70. The molecule has 2 nitrogen and oxygen atoms in total. The molecule has 0 aliphatic rings. The maximum atomic E-state index is 5.77. The average molecular weight is 175 g/mol. The summed E-state index contributed by atoms with van der Waals surface area (Å²) in [6, 6.07) is 5.40. The molecule has 0 fully saturated rings. The first-order chi connectivity index (χ1) is 4.75. The number of nitrogens with one attached hydrogen (secondary N) is 1. The van der Waals surface area contributed by atoms with E-state index in [9.17, 15) is 0 Å². The fraction of sp³-hybridized carbons (Fsp3) is 0. The van der Waals surface area contributed by atoms with Gasteiger partial charge in [-0.1, -0.05) is 17.7 Å². The van der Waals surface area contributed by atoms with E-state index in [4.69, 9.17) is 17.4 Å². The van der Waals surface area contributed by atoms with Gasteiger partial charge >= 0.3 is 0 Å². The molecular weight excluding hydrogens is 168 g/mol. The Morgan fingerprint density at radius 2 is 2.20 bits per heavy atom. The van der Waals surface area contributed by atoms with E-state index in [1.807, 2.05) is 6.07 Å². The number of rotatable bonds is 1. The summed E-state index contributed by atoms with van der Waals surface area (Å²) >= 11 is 9.87. The highest BCUT2D eigenvalue weighted by Gasteiger charge is 1.99. The van der Waals surface area contributed by atoms with Crippen LogP contribution in [0.15, 0.2) is 23.1 Å². The van der Waals surface area contributed by atoms with Gasteiger partial charge in [-0.05, 0) is 12.1 Å². The Labute approximate surface area is 69.7 Å². The van der Waals surface area contributed by atoms with Crippen molar-refractivity contribution < 1.29 is 0 Å². The monoisotopic (exact) mass is 174 g/mol. The molecule has 10 heavy (non-hydrogen) atoms. The first-order valence-corrected chi connectivity index (χ1v) is 3.52. The van der Waals surface area contributed by atoms with Crippen molar-refractivity contribution in [3.8, 4) is 0 Å². The number of benzene rings is 1. The van der Waals surface area contributed by atoms with Gasteiger partial charge < -0.3 is 5.43 Å². The van der Waals surface area contributed by atoms with Crippen LogP contribution in [0.4, 0.5) is 5.69 Å². The zero-order valence-corrected chi connectivity index (χ0v) is 6.78. The third-order valence-electron chi connectivity index (χ3n) is 1.13. The van der Waals surface area contributed by atoms with Crippen LogP contribution in [-0.2, 0) is 0 Å². The van der Waals surface area contributed by atoms with Gasteiger partial charge in [0.25, 0.3) is 0 Å². The number of nitrogens with two attached hydrogens (primary N) is 1. The molecule has 0 aromatic heterocycles. The maximum Gasteiger partial charge on any atom is 0.0783 e. The van der Waals surface area contributed by atoms with Gasteiger partial charge in [0.05, 0.1) is 10.7 Å². The minimum absolute atomic E-state index is 0.549. The van der Waals surface area contributed by atoms with E-state index >= 15 is 0 Å². The molecule has 1 aromatic carbocycles. The summed E-state index contributed by atoms with van der Waals surface area (Å²) in [6.45, 7) is 0. The predicted octanol–water partition coefficient (Wildman–Crippen LogP) is 1.91. The Morgan fingerprint density at radius 3 is 2.70 bits per heavy atom. The van der Waals surface area contributed by atoms with E-state index in [0.717, 1.165) is 4.90 Å². The Bertz CT molecular complexity index is 239. The molecule has 0 bridgehead atoms. The second-order valence-electron chi connectivity index (χ2n) is 1.78. The van der Waals surface area contributed by atoms with Crippen molar-refractivity contribution in [3.63, 3.8) is 0 Å². The molecule has 0 unspecified atom stereocenters. The van der Waals surface area contributed by atoms with Crippen LogP contribution in [0.3, 0.4) is 0 Å². The lowest BCUT2D eigenvalue weighted by molar-refractivity contribution is 1.32. The Hall–Kier alpha value is -0.380. The minimum Gasteiger partial charge on any atom is -0.323 e. The number of nitrogen functional groups attached to an aromatic ring is 1. The number of thiol groups is 1. The Kier molecular flexibility index (Phi) is 2.43. The number of hydrogen-bond donors (Lipinski definition) is 3. The van der Waals surface area contributed by atoms with Crippen molar-refractivity contribution in [2.24, 2.45) is 5.84 Å². The molecule has 0 atom stereocenters. The SMILES string of the molecule is NNc1cccc(S)c1Cl. The van der Waals surface area contributed by atoms with Crippen molar-refractivity contribution in [1.29, 1.82) is 0 Å². The van der Waals surface area contributed by atoms with Gasteiger partial charge in [-0.25, -0.2) is 0 Å². The molecule has 0 saturated heterocycles. The zero-order chi connectivity index (χ0) is 7.56. The molecule has 1 aromatic rings. The van der Waals surface area contributed by atoms with E-state index < -0.39 is 0 Å². The van der Waals surface area contributed by atoms with Crippen molar-refractivity contribution in [1.82, 2.24) is 0 Å². The van der Waals surface area contributed by atoms with Crippen LogP contribution in [0.5, 0.6) is 0 Å². The summed E-state index contributed by atoms with van der Waals surface area (Å²) in [5.41, 5.74) is 3.14. The van der Waals surface area contributed by atoms with Crippen LogP contribution in [-0.4, -0.2) is 0 Å². The highest BCUT2D eigenvalue weighted by molar-refractivity contribution is 7.80. The maximum absolute atomic E-state index is 5.77. The van der Waals surface area contributed by atoms with Crippen LogP contribution in [0.1, 0.15) is 0 Å². The normalized spacial score (nSPS) is 9.50. The summed E-state index contributed by atoms with van der Waals surface area (Å²) in [4.78, 5) is 0.720. The lowest BCUT2D eigenvalue weighted by Crippen LogP contribution is -2.06. The standard InChI is InChI=1S/C6H7ClN2S/c7-6-4(9-8)2-1-3-5(6)10/h1-3,9-10H,8H2. The summed E-state index contributed by atoms with van der Waals surface area (Å²) in [7, 11) is 0. The molecule has 3 N–H and O–H groups in total. The summed E-state index contributed by atoms with van der Waals surface area (Å²) in [6.07, 6.45) is 0. The van der Waals surface area contributed by atoms with E-state index in [2.05, 4.69) is 18.1 Å². The van der Waals surface area contributed by atoms with Gasteiger partial charge in [-0.3, -0.25) is 5.84 Å². The molecule has 0 aliphatic heterocycles. The van der Waals surface area contributed by atoms with Gasteiger partial charge in [0.1, 0.15) is 0 Å². The summed E-state index contributed by atoms with van der Waals surface area (Å²) in [5, 5.41) is 0.549. The third kappa shape index (κ3) is 1.37. The molecule has 0 spiro atoms. The van der Waals surface area contributed by atoms with Gasteiger partial charge in [-0.15, -0.1) is 12.6 Å². The Morgan fingerprint density at radius 1 is 1.50 bits per heavy atom. The summed E-state index contributed by atoms with van der Waals surface area (Å²) in [5.74, 6) is 5.15. The lowest BCUT2D eigenvalue weighted by Gasteiger charge is -2.03. The molecule has 54 valence electrons. The third-order valence-corrected chi connectivity index (χ3v) is 2.05. The Balaban J connectivity index is 3.14. The summed E-state index contributed by atoms with van der Waals surface area (Å²) < 4.78 is 0.